The first-order valence-corrected chi connectivity index (χ1v) is 4.25. The molecule has 0 spiro atoms. The van der Waals surface area contributed by atoms with E-state index in [1.165, 1.54) is 10.4 Å². The summed E-state index contributed by atoms with van der Waals surface area (Å²) < 4.78 is 0. The van der Waals surface area contributed by atoms with Crippen LogP contribution in [0.4, 0.5) is 0 Å². The SMILES string of the molecule is NC1CC=Cc2ccsc21. The average Bonchev–Trinajstić information content (AvgIpc) is 2.36. The fraction of sp³-hybridized carbons (Fsp3) is 0.250. The fourth-order valence-corrected chi connectivity index (χ4v) is 2.12. The standard InChI is InChI=1S/C8H9NS/c9-7-3-1-2-6-4-5-10-8(6)7/h1-2,4-5,7H,3,9H2. The van der Waals surface area contributed by atoms with Gasteiger partial charge < -0.3 is 5.73 Å². The molecule has 2 N–H and O–H groups in total. The Kier molecular flexibility index (Phi) is 1.36. The fourth-order valence-electron chi connectivity index (χ4n) is 1.22. The van der Waals surface area contributed by atoms with Gasteiger partial charge in [-0.05, 0) is 23.4 Å². The molecule has 0 saturated heterocycles. The van der Waals surface area contributed by atoms with E-state index < -0.39 is 0 Å². The van der Waals surface area contributed by atoms with Crippen molar-refractivity contribution in [1.29, 1.82) is 0 Å². The lowest BCUT2D eigenvalue weighted by atomic mass is 10.0. The van der Waals surface area contributed by atoms with Crippen LogP contribution >= 0.6 is 11.3 Å². The number of hydrogen-bond acceptors (Lipinski definition) is 2. The number of fused-ring (bicyclic) bond motifs is 1. The van der Waals surface area contributed by atoms with Crippen molar-refractivity contribution < 1.29 is 0 Å². The van der Waals surface area contributed by atoms with Crippen molar-refractivity contribution in [2.24, 2.45) is 5.73 Å². The summed E-state index contributed by atoms with van der Waals surface area (Å²) in [5.41, 5.74) is 7.16. The lowest BCUT2D eigenvalue weighted by Gasteiger charge is -2.11. The molecule has 0 bridgehead atoms. The molecule has 2 heteroatoms. The van der Waals surface area contributed by atoms with Crippen LogP contribution in [0.25, 0.3) is 6.08 Å². The van der Waals surface area contributed by atoms with E-state index in [9.17, 15) is 0 Å². The predicted molar refractivity (Wildman–Crippen MR) is 44.9 cm³/mol. The second-order valence-corrected chi connectivity index (χ2v) is 3.43. The third-order valence-corrected chi connectivity index (χ3v) is 2.82. The molecule has 0 amide bonds. The smallest absolute Gasteiger partial charge is 0.0430 e. The summed E-state index contributed by atoms with van der Waals surface area (Å²) in [6.07, 6.45) is 5.28. The first kappa shape index (κ1) is 6.13. The van der Waals surface area contributed by atoms with Gasteiger partial charge in [-0.15, -0.1) is 11.3 Å². The molecular formula is C8H9NS. The van der Waals surface area contributed by atoms with Gasteiger partial charge in [0.2, 0.25) is 0 Å². The van der Waals surface area contributed by atoms with Gasteiger partial charge in [0, 0.05) is 10.9 Å². The van der Waals surface area contributed by atoms with E-state index in [0.717, 1.165) is 6.42 Å². The van der Waals surface area contributed by atoms with Crippen LogP contribution in [0.2, 0.25) is 0 Å². The normalized spacial score (nSPS) is 22.7. The van der Waals surface area contributed by atoms with Crippen LogP contribution in [0.15, 0.2) is 17.5 Å². The van der Waals surface area contributed by atoms with Crippen LogP contribution in [-0.4, -0.2) is 0 Å². The lowest BCUT2D eigenvalue weighted by molar-refractivity contribution is 0.749. The Morgan fingerprint density at radius 2 is 2.50 bits per heavy atom. The monoisotopic (exact) mass is 151 g/mol. The van der Waals surface area contributed by atoms with Gasteiger partial charge in [-0.25, -0.2) is 0 Å². The predicted octanol–water partition coefficient (Wildman–Crippen LogP) is 2.16. The molecule has 2 rings (SSSR count). The van der Waals surface area contributed by atoms with E-state index in [0.29, 0.717) is 0 Å². The topological polar surface area (TPSA) is 26.0 Å². The first-order chi connectivity index (χ1) is 4.88. The van der Waals surface area contributed by atoms with Crippen molar-refractivity contribution >= 4 is 17.4 Å². The highest BCUT2D eigenvalue weighted by atomic mass is 32.1. The van der Waals surface area contributed by atoms with Crippen molar-refractivity contribution in [2.45, 2.75) is 12.5 Å². The summed E-state index contributed by atoms with van der Waals surface area (Å²) in [6, 6.07) is 2.37. The second-order valence-electron chi connectivity index (χ2n) is 2.48. The van der Waals surface area contributed by atoms with E-state index >= 15 is 0 Å². The molecule has 10 heavy (non-hydrogen) atoms. The molecule has 52 valence electrons. The minimum absolute atomic E-state index is 0.250. The summed E-state index contributed by atoms with van der Waals surface area (Å²) in [7, 11) is 0. The summed E-state index contributed by atoms with van der Waals surface area (Å²) in [5.74, 6) is 0. The van der Waals surface area contributed by atoms with E-state index in [-0.39, 0.29) is 6.04 Å². The number of rotatable bonds is 0. The Morgan fingerprint density at radius 1 is 1.60 bits per heavy atom. The van der Waals surface area contributed by atoms with Gasteiger partial charge in [0.15, 0.2) is 0 Å². The minimum Gasteiger partial charge on any atom is -0.323 e. The maximum Gasteiger partial charge on any atom is 0.0430 e. The molecule has 1 atom stereocenters. The Morgan fingerprint density at radius 3 is 3.30 bits per heavy atom. The Labute approximate surface area is 64.2 Å². The van der Waals surface area contributed by atoms with E-state index in [2.05, 4.69) is 23.6 Å². The summed E-state index contributed by atoms with van der Waals surface area (Å²) in [6.45, 7) is 0. The Hall–Kier alpha value is -0.600. The number of nitrogens with two attached hydrogens (primary N) is 1. The van der Waals surface area contributed by atoms with E-state index in [4.69, 9.17) is 5.73 Å². The number of hydrogen-bond donors (Lipinski definition) is 1. The summed E-state index contributed by atoms with van der Waals surface area (Å²) >= 11 is 1.76. The molecule has 0 fully saturated rings. The Balaban J connectivity index is 2.52. The molecule has 1 aromatic rings. The summed E-state index contributed by atoms with van der Waals surface area (Å²) in [4.78, 5) is 1.34. The highest BCUT2D eigenvalue weighted by Gasteiger charge is 2.12. The Bertz CT molecular complexity index is 262. The molecular weight excluding hydrogens is 142 g/mol. The molecule has 0 aliphatic heterocycles. The van der Waals surface area contributed by atoms with Crippen LogP contribution in [0.5, 0.6) is 0 Å². The van der Waals surface area contributed by atoms with Gasteiger partial charge in [-0.2, -0.15) is 0 Å². The maximum atomic E-state index is 5.85. The lowest BCUT2D eigenvalue weighted by Crippen LogP contribution is -2.10. The van der Waals surface area contributed by atoms with Gasteiger partial charge in [-0.3, -0.25) is 0 Å². The minimum atomic E-state index is 0.250. The second kappa shape index (κ2) is 2.22. The van der Waals surface area contributed by atoms with Crippen LogP contribution in [-0.2, 0) is 0 Å². The van der Waals surface area contributed by atoms with Crippen molar-refractivity contribution in [2.75, 3.05) is 0 Å². The largest absolute Gasteiger partial charge is 0.323 e. The molecule has 1 aromatic heterocycles. The van der Waals surface area contributed by atoms with Gasteiger partial charge >= 0.3 is 0 Å². The molecule has 0 radical (unpaired) electrons. The third-order valence-electron chi connectivity index (χ3n) is 1.75. The van der Waals surface area contributed by atoms with Gasteiger partial charge in [0.1, 0.15) is 0 Å². The number of thiophene rings is 1. The zero-order valence-electron chi connectivity index (χ0n) is 5.58. The highest BCUT2D eigenvalue weighted by molar-refractivity contribution is 7.10. The van der Waals surface area contributed by atoms with Gasteiger partial charge in [0.05, 0.1) is 0 Å². The van der Waals surface area contributed by atoms with Crippen molar-refractivity contribution in [3.05, 3.63) is 28.0 Å². The molecule has 1 unspecified atom stereocenters. The van der Waals surface area contributed by atoms with Crippen molar-refractivity contribution in [3.8, 4) is 0 Å². The highest BCUT2D eigenvalue weighted by Crippen LogP contribution is 2.30. The van der Waals surface area contributed by atoms with Crippen LogP contribution < -0.4 is 5.73 Å². The van der Waals surface area contributed by atoms with Crippen LogP contribution in [0.3, 0.4) is 0 Å². The first-order valence-electron chi connectivity index (χ1n) is 3.37. The van der Waals surface area contributed by atoms with Crippen LogP contribution in [0, 0.1) is 0 Å². The molecule has 1 nitrogen and oxygen atoms in total. The van der Waals surface area contributed by atoms with Crippen molar-refractivity contribution in [3.63, 3.8) is 0 Å². The van der Waals surface area contributed by atoms with E-state index in [1.807, 2.05) is 0 Å². The zero-order valence-corrected chi connectivity index (χ0v) is 6.40. The van der Waals surface area contributed by atoms with Crippen molar-refractivity contribution in [1.82, 2.24) is 0 Å². The van der Waals surface area contributed by atoms with Gasteiger partial charge in [0.25, 0.3) is 0 Å². The quantitative estimate of drug-likeness (QED) is 0.604. The molecule has 1 aliphatic rings. The van der Waals surface area contributed by atoms with Crippen LogP contribution in [0.1, 0.15) is 22.9 Å². The molecule has 0 saturated carbocycles. The maximum absolute atomic E-state index is 5.85. The summed E-state index contributed by atoms with van der Waals surface area (Å²) in [5, 5.41) is 2.10. The van der Waals surface area contributed by atoms with Gasteiger partial charge in [-0.1, -0.05) is 12.2 Å². The zero-order chi connectivity index (χ0) is 6.97. The average molecular weight is 151 g/mol. The molecule has 1 aliphatic carbocycles. The molecule has 0 aromatic carbocycles. The molecule has 1 heterocycles. The third kappa shape index (κ3) is 0.805. The van der Waals surface area contributed by atoms with E-state index in [1.54, 1.807) is 11.3 Å².